The van der Waals surface area contributed by atoms with Crippen LogP contribution in [0.4, 0.5) is 8.78 Å². The third-order valence-electron chi connectivity index (χ3n) is 2.79. The molecular weight excluding hydrogens is 296 g/mol. The van der Waals surface area contributed by atoms with Crippen LogP contribution in [0.3, 0.4) is 0 Å². The van der Waals surface area contributed by atoms with Gasteiger partial charge in [-0.1, -0.05) is 30.3 Å². The van der Waals surface area contributed by atoms with E-state index in [1.165, 1.54) is 11.3 Å². The first kappa shape index (κ1) is 15.5. The molecule has 1 heterocycles. The van der Waals surface area contributed by atoms with Gasteiger partial charge in [-0.05, 0) is 6.92 Å². The summed E-state index contributed by atoms with van der Waals surface area (Å²) in [5.74, 6) is -3.67. The predicted octanol–water partition coefficient (Wildman–Crippen LogP) is 2.44. The Morgan fingerprint density at radius 3 is 2.67 bits per heavy atom. The SMILES string of the molecule is Cc1nc(-c2ccccc2)c(C(=O)NCC(F)(F)CN)s1. The summed E-state index contributed by atoms with van der Waals surface area (Å²) >= 11 is 1.18. The first-order valence-corrected chi connectivity index (χ1v) is 7.13. The lowest BCUT2D eigenvalue weighted by atomic mass is 10.1. The van der Waals surface area contributed by atoms with Crippen LogP contribution in [0.5, 0.6) is 0 Å². The van der Waals surface area contributed by atoms with Crippen molar-refractivity contribution >= 4 is 17.2 Å². The summed E-state index contributed by atoms with van der Waals surface area (Å²) in [6.07, 6.45) is 0. The van der Waals surface area contributed by atoms with E-state index in [0.717, 1.165) is 5.56 Å². The van der Waals surface area contributed by atoms with Crippen molar-refractivity contribution in [1.82, 2.24) is 10.3 Å². The van der Waals surface area contributed by atoms with Gasteiger partial charge in [0, 0.05) is 5.56 Å². The topological polar surface area (TPSA) is 68.0 Å². The van der Waals surface area contributed by atoms with Crippen LogP contribution in [-0.4, -0.2) is 29.9 Å². The van der Waals surface area contributed by atoms with Crippen molar-refractivity contribution in [3.8, 4) is 11.3 Å². The minimum absolute atomic E-state index is 0.325. The molecule has 112 valence electrons. The lowest BCUT2D eigenvalue weighted by molar-refractivity contribution is 0.0119. The molecule has 0 unspecified atom stereocenters. The standard InChI is InChI=1S/C14H15F2N3OS/c1-9-19-11(10-5-3-2-4-6-10)12(21-9)13(20)18-8-14(15,16)7-17/h2-6H,7-8,17H2,1H3,(H,18,20). The largest absolute Gasteiger partial charge is 0.345 e. The highest BCUT2D eigenvalue weighted by molar-refractivity contribution is 7.14. The average Bonchev–Trinajstić information content (AvgIpc) is 2.88. The third kappa shape index (κ3) is 3.83. The highest BCUT2D eigenvalue weighted by Crippen LogP contribution is 2.27. The van der Waals surface area contributed by atoms with Gasteiger partial charge in [-0.2, -0.15) is 0 Å². The molecule has 0 spiro atoms. The second-order valence-corrected chi connectivity index (χ2v) is 5.72. The normalized spacial score (nSPS) is 11.4. The van der Waals surface area contributed by atoms with E-state index in [9.17, 15) is 13.6 Å². The number of amides is 1. The van der Waals surface area contributed by atoms with E-state index in [1.54, 1.807) is 6.92 Å². The fourth-order valence-electron chi connectivity index (χ4n) is 1.73. The van der Waals surface area contributed by atoms with Crippen molar-refractivity contribution in [2.45, 2.75) is 12.8 Å². The summed E-state index contributed by atoms with van der Waals surface area (Å²) in [5, 5.41) is 2.91. The van der Waals surface area contributed by atoms with E-state index in [2.05, 4.69) is 10.3 Å². The molecule has 0 saturated heterocycles. The number of hydrogen-bond acceptors (Lipinski definition) is 4. The van der Waals surface area contributed by atoms with Gasteiger partial charge in [0.1, 0.15) is 4.88 Å². The van der Waals surface area contributed by atoms with Crippen LogP contribution >= 0.6 is 11.3 Å². The number of nitrogens with one attached hydrogen (secondary N) is 1. The smallest absolute Gasteiger partial charge is 0.277 e. The first-order chi connectivity index (χ1) is 9.93. The first-order valence-electron chi connectivity index (χ1n) is 6.32. The molecule has 0 saturated carbocycles. The molecule has 1 amide bonds. The summed E-state index contributed by atoms with van der Waals surface area (Å²) < 4.78 is 26.2. The second kappa shape index (κ2) is 6.28. The summed E-state index contributed by atoms with van der Waals surface area (Å²) in [6, 6.07) is 9.15. The maximum Gasteiger partial charge on any atom is 0.277 e. The number of aromatic nitrogens is 1. The Kier molecular flexibility index (Phi) is 4.64. The van der Waals surface area contributed by atoms with Gasteiger partial charge in [0.15, 0.2) is 0 Å². The number of rotatable bonds is 5. The number of nitrogens with two attached hydrogens (primary N) is 1. The summed E-state index contributed by atoms with van der Waals surface area (Å²) in [7, 11) is 0. The van der Waals surface area contributed by atoms with Crippen LogP contribution in [0.2, 0.25) is 0 Å². The summed E-state index contributed by atoms with van der Waals surface area (Å²) in [6.45, 7) is 0.177. The fourth-order valence-corrected chi connectivity index (χ4v) is 2.59. The Bertz CT molecular complexity index is 628. The van der Waals surface area contributed by atoms with Gasteiger partial charge in [0.05, 0.1) is 23.8 Å². The maximum absolute atomic E-state index is 13.1. The van der Waals surface area contributed by atoms with E-state index in [4.69, 9.17) is 5.73 Å². The monoisotopic (exact) mass is 311 g/mol. The van der Waals surface area contributed by atoms with Crippen LogP contribution in [0.15, 0.2) is 30.3 Å². The van der Waals surface area contributed by atoms with Crippen molar-refractivity contribution in [2.24, 2.45) is 5.73 Å². The number of alkyl halides is 2. The Balaban J connectivity index is 2.22. The van der Waals surface area contributed by atoms with Gasteiger partial charge in [-0.3, -0.25) is 4.79 Å². The minimum atomic E-state index is -3.11. The number of hydrogen-bond donors (Lipinski definition) is 2. The van der Waals surface area contributed by atoms with E-state index in [0.29, 0.717) is 15.6 Å². The minimum Gasteiger partial charge on any atom is -0.345 e. The van der Waals surface area contributed by atoms with Crippen molar-refractivity contribution in [3.05, 3.63) is 40.2 Å². The molecule has 4 nitrogen and oxygen atoms in total. The average molecular weight is 311 g/mol. The van der Waals surface area contributed by atoms with Crippen LogP contribution in [-0.2, 0) is 0 Å². The third-order valence-corrected chi connectivity index (χ3v) is 3.76. The zero-order valence-corrected chi connectivity index (χ0v) is 12.2. The van der Waals surface area contributed by atoms with Crippen molar-refractivity contribution in [2.75, 3.05) is 13.1 Å². The zero-order chi connectivity index (χ0) is 15.5. The van der Waals surface area contributed by atoms with Gasteiger partial charge < -0.3 is 11.1 Å². The predicted molar refractivity (Wildman–Crippen MR) is 78.6 cm³/mol. The van der Waals surface area contributed by atoms with Gasteiger partial charge in [0.2, 0.25) is 0 Å². The molecule has 0 bridgehead atoms. The summed E-state index contributed by atoms with van der Waals surface area (Å²) in [4.78, 5) is 16.7. The number of aryl methyl sites for hydroxylation is 1. The molecule has 1 aromatic carbocycles. The number of nitrogens with zero attached hydrogens (tertiary/aromatic N) is 1. The maximum atomic E-state index is 13.1. The van der Waals surface area contributed by atoms with Crippen LogP contribution < -0.4 is 11.1 Å². The molecule has 0 aliphatic rings. The molecular formula is C14H15F2N3OS. The van der Waals surface area contributed by atoms with Crippen molar-refractivity contribution < 1.29 is 13.6 Å². The number of benzene rings is 1. The quantitative estimate of drug-likeness (QED) is 0.891. The Labute approximate surface area is 125 Å². The van der Waals surface area contributed by atoms with Crippen LogP contribution in [0.1, 0.15) is 14.7 Å². The number of thiazole rings is 1. The highest BCUT2D eigenvalue weighted by atomic mass is 32.1. The number of halogens is 2. The lowest BCUT2D eigenvalue weighted by Crippen LogP contribution is -2.41. The van der Waals surface area contributed by atoms with E-state index >= 15 is 0 Å². The zero-order valence-electron chi connectivity index (χ0n) is 11.4. The molecule has 2 rings (SSSR count). The molecule has 1 aromatic heterocycles. The molecule has 0 fully saturated rings. The second-order valence-electron chi connectivity index (χ2n) is 4.52. The molecule has 3 N–H and O–H groups in total. The highest BCUT2D eigenvalue weighted by Gasteiger charge is 2.28. The van der Waals surface area contributed by atoms with E-state index in [-0.39, 0.29) is 0 Å². The number of carbonyl (C=O) groups is 1. The van der Waals surface area contributed by atoms with Crippen molar-refractivity contribution in [3.63, 3.8) is 0 Å². The van der Waals surface area contributed by atoms with Gasteiger partial charge in [-0.15, -0.1) is 11.3 Å². The lowest BCUT2D eigenvalue weighted by Gasteiger charge is -2.14. The Hall–Kier alpha value is -1.86. The van der Waals surface area contributed by atoms with Gasteiger partial charge >= 0.3 is 0 Å². The van der Waals surface area contributed by atoms with E-state index < -0.39 is 24.9 Å². The Morgan fingerprint density at radius 1 is 1.38 bits per heavy atom. The van der Waals surface area contributed by atoms with Gasteiger partial charge in [-0.25, -0.2) is 13.8 Å². The van der Waals surface area contributed by atoms with E-state index in [1.807, 2.05) is 30.3 Å². The molecule has 0 aliphatic heterocycles. The molecule has 0 radical (unpaired) electrons. The Morgan fingerprint density at radius 2 is 2.05 bits per heavy atom. The molecule has 0 aliphatic carbocycles. The molecule has 0 atom stereocenters. The van der Waals surface area contributed by atoms with Crippen LogP contribution in [0.25, 0.3) is 11.3 Å². The van der Waals surface area contributed by atoms with Crippen LogP contribution in [0, 0.1) is 6.92 Å². The number of carbonyl (C=O) groups excluding carboxylic acids is 1. The fraction of sp³-hybridized carbons (Fsp3) is 0.286. The summed E-state index contributed by atoms with van der Waals surface area (Å²) in [5.41, 5.74) is 6.23. The molecule has 2 aromatic rings. The van der Waals surface area contributed by atoms with Gasteiger partial charge in [0.25, 0.3) is 11.8 Å². The molecule has 21 heavy (non-hydrogen) atoms. The van der Waals surface area contributed by atoms with Crippen molar-refractivity contribution in [1.29, 1.82) is 0 Å². The molecule has 7 heteroatoms.